The van der Waals surface area contributed by atoms with E-state index in [0.717, 1.165) is 18.6 Å². The topological polar surface area (TPSA) is 38.3 Å². The molecule has 1 saturated carbocycles. The molecule has 0 saturated heterocycles. The maximum atomic E-state index is 12.4. The molecule has 1 fully saturated rings. The van der Waals surface area contributed by atoms with Crippen LogP contribution in [0.5, 0.6) is 5.75 Å². The minimum Gasteiger partial charge on any atom is -0.481 e. The summed E-state index contributed by atoms with van der Waals surface area (Å²) in [5, 5.41) is 3.15. The van der Waals surface area contributed by atoms with E-state index < -0.39 is 6.10 Å². The summed E-state index contributed by atoms with van der Waals surface area (Å²) in [5.74, 6) is 0.811. The monoisotopic (exact) mass is 289 g/mol. The molecule has 116 valence electrons. The van der Waals surface area contributed by atoms with Crippen molar-refractivity contribution in [1.29, 1.82) is 0 Å². The maximum Gasteiger partial charge on any atom is 0.261 e. The van der Waals surface area contributed by atoms with Crippen LogP contribution in [-0.4, -0.2) is 18.1 Å². The third-order valence-corrected chi connectivity index (χ3v) is 4.37. The fraction of sp³-hybridized carbons (Fsp3) is 0.611. The molecule has 3 heteroatoms. The molecular formula is C18H27NO2. The van der Waals surface area contributed by atoms with Gasteiger partial charge >= 0.3 is 0 Å². The fourth-order valence-corrected chi connectivity index (χ4v) is 2.81. The van der Waals surface area contributed by atoms with Crippen LogP contribution < -0.4 is 10.1 Å². The van der Waals surface area contributed by atoms with Gasteiger partial charge in [-0.1, -0.05) is 32.3 Å². The number of aryl methyl sites for hydroxylation is 2. The summed E-state index contributed by atoms with van der Waals surface area (Å²) in [6.45, 7) is 6.13. The molecule has 0 heterocycles. The number of amides is 1. The molecular weight excluding hydrogens is 262 g/mol. The SMILES string of the molecule is CC[C@H](Oc1ccc(C)c(C)c1)C(=O)NC1CCCCC1. The highest BCUT2D eigenvalue weighted by atomic mass is 16.5. The van der Waals surface area contributed by atoms with E-state index in [1.54, 1.807) is 0 Å². The summed E-state index contributed by atoms with van der Waals surface area (Å²) in [6.07, 6.45) is 6.24. The highest BCUT2D eigenvalue weighted by Crippen LogP contribution is 2.20. The highest BCUT2D eigenvalue weighted by Gasteiger charge is 2.22. The Bertz CT molecular complexity index is 478. The predicted octanol–water partition coefficient (Wildman–Crippen LogP) is 3.91. The number of carbonyl (C=O) groups is 1. The number of ether oxygens (including phenoxy) is 1. The molecule has 0 aliphatic heterocycles. The summed E-state index contributed by atoms with van der Waals surface area (Å²) in [5.41, 5.74) is 2.43. The minimum atomic E-state index is -0.394. The molecule has 21 heavy (non-hydrogen) atoms. The summed E-state index contributed by atoms with van der Waals surface area (Å²) < 4.78 is 5.89. The van der Waals surface area contributed by atoms with E-state index in [9.17, 15) is 4.79 Å². The lowest BCUT2D eigenvalue weighted by molar-refractivity contribution is -0.129. The average molecular weight is 289 g/mol. The van der Waals surface area contributed by atoms with E-state index in [1.807, 2.05) is 25.1 Å². The van der Waals surface area contributed by atoms with Crippen LogP contribution in [0.1, 0.15) is 56.6 Å². The summed E-state index contributed by atoms with van der Waals surface area (Å²) >= 11 is 0. The van der Waals surface area contributed by atoms with Gasteiger partial charge in [-0.25, -0.2) is 0 Å². The number of carbonyl (C=O) groups excluding carboxylic acids is 1. The van der Waals surface area contributed by atoms with Gasteiger partial charge in [0.05, 0.1) is 0 Å². The number of benzene rings is 1. The zero-order chi connectivity index (χ0) is 15.2. The van der Waals surface area contributed by atoms with Crippen molar-refractivity contribution in [2.75, 3.05) is 0 Å². The molecule has 3 nitrogen and oxygen atoms in total. The van der Waals surface area contributed by atoms with Gasteiger partial charge in [0.15, 0.2) is 6.10 Å². The second kappa shape index (κ2) is 7.48. The normalized spacial score (nSPS) is 17.3. The smallest absolute Gasteiger partial charge is 0.261 e. The van der Waals surface area contributed by atoms with Gasteiger partial charge in [0.1, 0.15) is 5.75 Å². The molecule has 1 aromatic carbocycles. The van der Waals surface area contributed by atoms with Gasteiger partial charge in [0.25, 0.3) is 5.91 Å². The molecule has 0 radical (unpaired) electrons. The first-order valence-corrected chi connectivity index (χ1v) is 8.14. The number of nitrogens with one attached hydrogen (secondary N) is 1. The number of hydrogen-bond donors (Lipinski definition) is 1. The Morgan fingerprint density at radius 3 is 2.57 bits per heavy atom. The molecule has 1 aromatic rings. The Hall–Kier alpha value is -1.51. The summed E-state index contributed by atoms with van der Waals surface area (Å²) in [4.78, 5) is 12.4. The summed E-state index contributed by atoms with van der Waals surface area (Å²) in [6, 6.07) is 6.32. The first kappa shape index (κ1) is 15.9. The summed E-state index contributed by atoms with van der Waals surface area (Å²) in [7, 11) is 0. The first-order valence-electron chi connectivity index (χ1n) is 8.14. The molecule has 1 N–H and O–H groups in total. The Morgan fingerprint density at radius 2 is 1.95 bits per heavy atom. The zero-order valence-corrected chi connectivity index (χ0v) is 13.4. The molecule has 1 aliphatic rings. The van der Waals surface area contributed by atoms with Crippen molar-refractivity contribution in [3.8, 4) is 5.75 Å². The van der Waals surface area contributed by atoms with Gasteiger partial charge in [-0.2, -0.15) is 0 Å². The lowest BCUT2D eigenvalue weighted by atomic mass is 9.95. The second-order valence-electron chi connectivity index (χ2n) is 6.10. The molecule has 0 bridgehead atoms. The Morgan fingerprint density at radius 1 is 1.24 bits per heavy atom. The van der Waals surface area contributed by atoms with Crippen LogP contribution in [0, 0.1) is 13.8 Å². The molecule has 0 aromatic heterocycles. The van der Waals surface area contributed by atoms with Crippen LogP contribution in [0.15, 0.2) is 18.2 Å². The minimum absolute atomic E-state index is 0.0302. The molecule has 1 aliphatic carbocycles. The van der Waals surface area contributed by atoms with Crippen molar-refractivity contribution in [2.24, 2.45) is 0 Å². The number of rotatable bonds is 5. The second-order valence-corrected chi connectivity index (χ2v) is 6.10. The van der Waals surface area contributed by atoms with Crippen LogP contribution in [-0.2, 0) is 4.79 Å². The Kier molecular flexibility index (Phi) is 5.66. The first-order chi connectivity index (χ1) is 10.1. The quantitative estimate of drug-likeness (QED) is 0.892. The molecule has 0 unspecified atom stereocenters. The molecule has 2 rings (SSSR count). The van der Waals surface area contributed by atoms with Gasteiger partial charge in [-0.15, -0.1) is 0 Å². The Balaban J connectivity index is 1.94. The van der Waals surface area contributed by atoms with Gasteiger partial charge in [0.2, 0.25) is 0 Å². The van der Waals surface area contributed by atoms with Crippen molar-refractivity contribution >= 4 is 5.91 Å². The van der Waals surface area contributed by atoms with Gasteiger partial charge < -0.3 is 10.1 Å². The fourth-order valence-electron chi connectivity index (χ4n) is 2.81. The average Bonchev–Trinajstić information content (AvgIpc) is 2.49. The van der Waals surface area contributed by atoms with Gasteiger partial charge in [-0.05, 0) is 56.4 Å². The maximum absolute atomic E-state index is 12.4. The number of hydrogen-bond acceptors (Lipinski definition) is 2. The molecule has 0 spiro atoms. The molecule has 1 amide bonds. The van der Waals surface area contributed by atoms with Gasteiger partial charge in [-0.3, -0.25) is 4.79 Å². The van der Waals surface area contributed by atoms with Crippen LogP contribution in [0.2, 0.25) is 0 Å². The van der Waals surface area contributed by atoms with E-state index in [-0.39, 0.29) is 5.91 Å². The third-order valence-electron chi connectivity index (χ3n) is 4.37. The van der Waals surface area contributed by atoms with E-state index in [1.165, 1.54) is 30.4 Å². The van der Waals surface area contributed by atoms with E-state index in [2.05, 4.69) is 19.2 Å². The van der Waals surface area contributed by atoms with Crippen molar-refractivity contribution in [1.82, 2.24) is 5.32 Å². The third kappa shape index (κ3) is 4.48. The van der Waals surface area contributed by atoms with Crippen LogP contribution in [0.4, 0.5) is 0 Å². The van der Waals surface area contributed by atoms with Crippen molar-refractivity contribution < 1.29 is 9.53 Å². The Labute approximate surface area is 128 Å². The standard InChI is InChI=1S/C18H27NO2/c1-4-17(18(20)19-15-8-6-5-7-9-15)21-16-11-10-13(2)14(3)12-16/h10-12,15,17H,4-9H2,1-3H3,(H,19,20)/t17-/m0/s1. The van der Waals surface area contributed by atoms with Crippen molar-refractivity contribution in [2.45, 2.75) is 71.4 Å². The van der Waals surface area contributed by atoms with E-state index in [4.69, 9.17) is 4.74 Å². The van der Waals surface area contributed by atoms with E-state index >= 15 is 0 Å². The van der Waals surface area contributed by atoms with E-state index in [0.29, 0.717) is 12.5 Å². The van der Waals surface area contributed by atoms with Gasteiger partial charge in [0, 0.05) is 6.04 Å². The largest absolute Gasteiger partial charge is 0.481 e. The van der Waals surface area contributed by atoms with Crippen molar-refractivity contribution in [3.05, 3.63) is 29.3 Å². The predicted molar refractivity (Wildman–Crippen MR) is 85.6 cm³/mol. The highest BCUT2D eigenvalue weighted by molar-refractivity contribution is 5.81. The van der Waals surface area contributed by atoms with Crippen LogP contribution in [0.3, 0.4) is 0 Å². The lowest BCUT2D eigenvalue weighted by Crippen LogP contribution is -2.44. The lowest BCUT2D eigenvalue weighted by Gasteiger charge is -2.25. The molecule has 1 atom stereocenters. The van der Waals surface area contributed by atoms with Crippen molar-refractivity contribution in [3.63, 3.8) is 0 Å². The zero-order valence-electron chi connectivity index (χ0n) is 13.4. The van der Waals surface area contributed by atoms with Crippen LogP contribution in [0.25, 0.3) is 0 Å². The van der Waals surface area contributed by atoms with Crippen LogP contribution >= 0.6 is 0 Å².